The Morgan fingerprint density at radius 1 is 1.03 bits per heavy atom. The second-order valence-electron chi connectivity index (χ2n) is 6.12. The summed E-state index contributed by atoms with van der Waals surface area (Å²) in [5, 5.41) is 11.0. The quantitative estimate of drug-likeness (QED) is 0.564. The van der Waals surface area contributed by atoms with Crippen molar-refractivity contribution in [2.45, 2.75) is 24.2 Å². The van der Waals surface area contributed by atoms with Gasteiger partial charge in [0.25, 0.3) is 0 Å². The van der Waals surface area contributed by atoms with Gasteiger partial charge in [0.15, 0.2) is 15.6 Å². The van der Waals surface area contributed by atoms with Gasteiger partial charge in [0.05, 0.1) is 27.5 Å². The third-order valence-corrected chi connectivity index (χ3v) is 5.72. The van der Waals surface area contributed by atoms with Gasteiger partial charge in [-0.25, -0.2) is 8.42 Å². The van der Waals surface area contributed by atoms with Gasteiger partial charge >= 0.3 is 18.3 Å². The molecular formula is C18H15F6NO5S. The van der Waals surface area contributed by atoms with Crippen LogP contribution in [0.25, 0.3) is 0 Å². The molecule has 170 valence electrons. The van der Waals surface area contributed by atoms with E-state index in [1.807, 2.05) is 0 Å². The molecule has 0 aliphatic heterocycles. The summed E-state index contributed by atoms with van der Waals surface area (Å²) in [5.41, 5.74) is -2.96. The minimum absolute atomic E-state index is 0.228. The molecule has 0 heterocycles. The van der Waals surface area contributed by atoms with E-state index in [1.165, 1.54) is 0 Å². The van der Waals surface area contributed by atoms with Crippen LogP contribution in [-0.4, -0.2) is 31.8 Å². The second-order valence-corrected chi connectivity index (χ2v) is 8.36. The first-order valence-electron chi connectivity index (χ1n) is 8.44. The largest absolute Gasteiger partial charge is 0.480 e. The molecule has 0 radical (unpaired) electrons. The fraction of sp³-hybridized carbons (Fsp3) is 0.278. The number of aliphatic carboxylic acids is 1. The van der Waals surface area contributed by atoms with E-state index in [2.05, 4.69) is 5.32 Å². The summed E-state index contributed by atoms with van der Waals surface area (Å²) in [4.78, 5) is 9.72. The van der Waals surface area contributed by atoms with Crippen LogP contribution >= 0.6 is 0 Å². The van der Waals surface area contributed by atoms with E-state index in [9.17, 15) is 39.6 Å². The number of sulfone groups is 1. The molecule has 0 bridgehead atoms. The minimum Gasteiger partial charge on any atom is -0.480 e. The lowest BCUT2D eigenvalue weighted by molar-refractivity contribution is -0.140. The number of hydrogen-bond donors (Lipinski definition) is 2. The SMILES string of the molecule is CCS(=O)(=O)c1ccc(Oc2cc(C(F)(F)F)ccc2NCC(=O)O)cc1C(F)(F)F. The first-order valence-corrected chi connectivity index (χ1v) is 10.1. The zero-order chi connectivity index (χ0) is 23.6. The van der Waals surface area contributed by atoms with Gasteiger partial charge in [-0.15, -0.1) is 0 Å². The number of carboxylic acid groups (broad SMARTS) is 1. The van der Waals surface area contributed by atoms with Crippen molar-refractivity contribution in [3.05, 3.63) is 47.5 Å². The van der Waals surface area contributed by atoms with E-state index in [-0.39, 0.29) is 5.69 Å². The predicted molar refractivity (Wildman–Crippen MR) is 96.8 cm³/mol. The van der Waals surface area contributed by atoms with Crippen LogP contribution in [0.15, 0.2) is 41.3 Å². The Labute approximate surface area is 172 Å². The molecule has 2 aromatic rings. The number of nitrogens with one attached hydrogen (secondary N) is 1. The number of carbonyl (C=O) groups is 1. The first-order chi connectivity index (χ1) is 14.1. The molecule has 6 nitrogen and oxygen atoms in total. The summed E-state index contributed by atoms with van der Waals surface area (Å²) < 4.78 is 108. The molecule has 0 aliphatic carbocycles. The predicted octanol–water partition coefficient (Wildman–Crippen LogP) is 4.81. The fourth-order valence-electron chi connectivity index (χ4n) is 2.45. The van der Waals surface area contributed by atoms with Crippen LogP contribution in [0, 0.1) is 0 Å². The molecule has 2 N–H and O–H groups in total. The fourth-order valence-corrected chi connectivity index (χ4v) is 3.54. The van der Waals surface area contributed by atoms with Crippen LogP contribution < -0.4 is 10.1 Å². The molecule has 0 fully saturated rings. The van der Waals surface area contributed by atoms with E-state index >= 15 is 0 Å². The maximum Gasteiger partial charge on any atom is 0.417 e. The van der Waals surface area contributed by atoms with Crippen LogP contribution in [0.4, 0.5) is 32.0 Å². The summed E-state index contributed by atoms with van der Waals surface area (Å²) in [5.74, 6) is -3.15. The van der Waals surface area contributed by atoms with Crippen molar-refractivity contribution >= 4 is 21.5 Å². The Morgan fingerprint density at radius 3 is 2.19 bits per heavy atom. The maximum absolute atomic E-state index is 13.4. The highest BCUT2D eigenvalue weighted by atomic mass is 32.2. The van der Waals surface area contributed by atoms with Crippen molar-refractivity contribution < 1.29 is 49.4 Å². The Balaban J connectivity index is 2.57. The van der Waals surface area contributed by atoms with Crippen molar-refractivity contribution in [3.8, 4) is 11.5 Å². The van der Waals surface area contributed by atoms with Crippen molar-refractivity contribution in [1.82, 2.24) is 0 Å². The molecule has 0 aromatic heterocycles. The van der Waals surface area contributed by atoms with E-state index in [0.717, 1.165) is 19.1 Å². The number of rotatable bonds is 7. The molecule has 0 spiro atoms. The lowest BCUT2D eigenvalue weighted by atomic mass is 10.1. The number of benzene rings is 2. The molecular weight excluding hydrogens is 456 g/mol. The van der Waals surface area contributed by atoms with Crippen molar-refractivity contribution in [2.24, 2.45) is 0 Å². The summed E-state index contributed by atoms with van der Waals surface area (Å²) in [6.07, 6.45) is -9.89. The highest BCUT2D eigenvalue weighted by molar-refractivity contribution is 7.91. The van der Waals surface area contributed by atoms with E-state index in [1.54, 1.807) is 0 Å². The average molecular weight is 471 g/mol. The van der Waals surface area contributed by atoms with E-state index in [0.29, 0.717) is 24.3 Å². The van der Waals surface area contributed by atoms with Gasteiger partial charge in [-0.3, -0.25) is 4.79 Å². The second kappa shape index (κ2) is 8.65. The van der Waals surface area contributed by atoms with Crippen molar-refractivity contribution in [3.63, 3.8) is 0 Å². The lowest BCUT2D eigenvalue weighted by Gasteiger charge is -2.17. The van der Waals surface area contributed by atoms with Gasteiger partial charge in [-0.1, -0.05) is 6.92 Å². The third kappa shape index (κ3) is 6.03. The number of carboxylic acids is 1. The summed E-state index contributed by atoms with van der Waals surface area (Å²) >= 11 is 0. The number of ether oxygens (including phenoxy) is 1. The van der Waals surface area contributed by atoms with Crippen molar-refractivity contribution in [1.29, 1.82) is 0 Å². The highest BCUT2D eigenvalue weighted by Gasteiger charge is 2.37. The first kappa shape index (κ1) is 24.3. The number of anilines is 1. The standard InChI is InChI=1S/C18H15F6NO5S/c1-2-31(28,29)15-6-4-11(8-12(15)18(22,23)24)30-14-7-10(17(19,20)21)3-5-13(14)25-9-16(26)27/h3-8,25H,2,9H2,1H3,(H,26,27). The van der Waals surface area contributed by atoms with Crippen LogP contribution in [0.1, 0.15) is 18.1 Å². The molecule has 13 heteroatoms. The van der Waals surface area contributed by atoms with E-state index in [4.69, 9.17) is 9.84 Å². The monoisotopic (exact) mass is 471 g/mol. The van der Waals surface area contributed by atoms with Gasteiger partial charge in [0.2, 0.25) is 0 Å². The molecule has 0 amide bonds. The Bertz CT molecular complexity index is 1080. The topological polar surface area (TPSA) is 92.7 Å². The van der Waals surface area contributed by atoms with Crippen LogP contribution in [-0.2, 0) is 27.0 Å². The third-order valence-electron chi connectivity index (χ3n) is 3.94. The molecule has 0 saturated carbocycles. The Hall–Kier alpha value is -2.96. The van der Waals surface area contributed by atoms with Crippen LogP contribution in [0.3, 0.4) is 0 Å². The highest BCUT2D eigenvalue weighted by Crippen LogP contribution is 2.40. The summed E-state index contributed by atoms with van der Waals surface area (Å²) in [6, 6.07) is 3.84. The molecule has 0 unspecified atom stereocenters. The Morgan fingerprint density at radius 2 is 1.68 bits per heavy atom. The normalized spacial score (nSPS) is 12.5. The molecule has 2 rings (SSSR count). The van der Waals surface area contributed by atoms with Gasteiger partial charge < -0.3 is 15.2 Å². The lowest BCUT2D eigenvalue weighted by Crippen LogP contribution is -2.15. The van der Waals surface area contributed by atoms with E-state index < -0.39 is 68.0 Å². The van der Waals surface area contributed by atoms with Gasteiger partial charge in [-0.05, 0) is 36.4 Å². The number of alkyl halides is 6. The number of halogens is 6. The zero-order valence-corrected chi connectivity index (χ0v) is 16.5. The minimum atomic E-state index is -5.09. The van der Waals surface area contributed by atoms with Crippen molar-refractivity contribution in [2.75, 3.05) is 17.6 Å². The van der Waals surface area contributed by atoms with Crippen LogP contribution in [0.5, 0.6) is 11.5 Å². The Kier molecular flexibility index (Phi) is 6.78. The molecule has 0 atom stereocenters. The molecule has 31 heavy (non-hydrogen) atoms. The smallest absolute Gasteiger partial charge is 0.417 e. The molecule has 0 saturated heterocycles. The maximum atomic E-state index is 13.4. The molecule has 0 aliphatic rings. The van der Waals surface area contributed by atoms with Gasteiger partial charge in [0, 0.05) is 0 Å². The van der Waals surface area contributed by atoms with Gasteiger partial charge in [-0.2, -0.15) is 26.3 Å². The molecule has 2 aromatic carbocycles. The summed E-state index contributed by atoms with van der Waals surface area (Å²) in [7, 11) is -4.26. The number of hydrogen-bond acceptors (Lipinski definition) is 5. The average Bonchev–Trinajstić information content (AvgIpc) is 2.65. The van der Waals surface area contributed by atoms with Crippen LogP contribution in [0.2, 0.25) is 0 Å². The zero-order valence-electron chi connectivity index (χ0n) is 15.6. The van der Waals surface area contributed by atoms with Gasteiger partial charge in [0.1, 0.15) is 12.3 Å². The summed E-state index contributed by atoms with van der Waals surface area (Å²) in [6.45, 7) is 0.451.